The summed E-state index contributed by atoms with van der Waals surface area (Å²) in [6.45, 7) is 2.94. The highest BCUT2D eigenvalue weighted by Crippen LogP contribution is 2.27. The highest BCUT2D eigenvalue weighted by molar-refractivity contribution is 7.23. The molecule has 16 heavy (non-hydrogen) atoms. The molecule has 1 N–H and O–H groups in total. The molecule has 3 rings (SSSR count). The van der Waals surface area contributed by atoms with Gasteiger partial charge in [0.25, 0.3) is 0 Å². The van der Waals surface area contributed by atoms with Crippen LogP contribution in [0.25, 0.3) is 15.2 Å². The number of fused-ring (bicyclic) bond motifs is 3. The number of aryl methyl sites for hydroxylation is 1. The molecule has 2 aromatic heterocycles. The van der Waals surface area contributed by atoms with Crippen molar-refractivity contribution in [3.05, 3.63) is 35.7 Å². The predicted octanol–water partition coefficient (Wildman–Crippen LogP) is 2.58. The Labute approximate surface area is 97.7 Å². The van der Waals surface area contributed by atoms with Crippen molar-refractivity contribution in [3.63, 3.8) is 0 Å². The molecular formula is C12H13N3S. The molecule has 2 heterocycles. The smallest absolute Gasteiger partial charge is 0.194 e. The molecule has 3 nitrogen and oxygen atoms in total. The lowest BCUT2D eigenvalue weighted by Gasteiger charge is -1.99. The first-order valence-electron chi connectivity index (χ1n) is 5.29. The fourth-order valence-corrected chi connectivity index (χ4v) is 3.09. The third-order valence-corrected chi connectivity index (χ3v) is 3.68. The van der Waals surface area contributed by atoms with E-state index < -0.39 is 0 Å². The maximum Gasteiger partial charge on any atom is 0.194 e. The molecule has 0 bridgehead atoms. The van der Waals surface area contributed by atoms with Crippen molar-refractivity contribution >= 4 is 26.5 Å². The molecule has 0 atom stereocenters. The molecule has 0 saturated heterocycles. The Kier molecular flexibility index (Phi) is 2.19. The average Bonchev–Trinajstić information content (AvgIpc) is 2.73. The van der Waals surface area contributed by atoms with E-state index in [1.54, 1.807) is 11.3 Å². The summed E-state index contributed by atoms with van der Waals surface area (Å²) < 4.78 is 3.47. The van der Waals surface area contributed by atoms with Crippen molar-refractivity contribution in [2.24, 2.45) is 0 Å². The molecule has 0 amide bonds. The highest BCUT2D eigenvalue weighted by Gasteiger charge is 2.07. The van der Waals surface area contributed by atoms with Crippen molar-refractivity contribution < 1.29 is 0 Å². The van der Waals surface area contributed by atoms with Crippen molar-refractivity contribution in [1.29, 1.82) is 0 Å². The summed E-state index contributed by atoms with van der Waals surface area (Å²) in [6.07, 6.45) is 2.09. The summed E-state index contributed by atoms with van der Waals surface area (Å²) >= 11 is 1.75. The topological polar surface area (TPSA) is 29.3 Å². The largest absolute Gasteiger partial charge is 0.316 e. The first kappa shape index (κ1) is 9.81. The lowest BCUT2D eigenvalue weighted by molar-refractivity contribution is 0.819. The number of nitrogens with one attached hydrogen (secondary N) is 1. The summed E-state index contributed by atoms with van der Waals surface area (Å²) in [6, 6.07) is 6.58. The molecule has 0 saturated carbocycles. The van der Waals surface area contributed by atoms with Gasteiger partial charge in [0.1, 0.15) is 0 Å². The van der Waals surface area contributed by atoms with Crippen LogP contribution >= 0.6 is 11.3 Å². The minimum absolute atomic E-state index is 0.912. The van der Waals surface area contributed by atoms with Crippen LogP contribution in [0.1, 0.15) is 11.3 Å². The quantitative estimate of drug-likeness (QED) is 0.734. The Balaban J connectivity index is 2.25. The molecule has 3 aromatic rings. The highest BCUT2D eigenvalue weighted by atomic mass is 32.1. The molecular weight excluding hydrogens is 218 g/mol. The van der Waals surface area contributed by atoms with E-state index in [9.17, 15) is 0 Å². The maximum atomic E-state index is 4.49. The lowest BCUT2D eigenvalue weighted by Crippen LogP contribution is -2.04. The van der Waals surface area contributed by atoms with Crippen LogP contribution in [0.5, 0.6) is 0 Å². The number of aromatic nitrogens is 2. The van der Waals surface area contributed by atoms with Gasteiger partial charge in [-0.2, -0.15) is 0 Å². The molecule has 0 aliphatic carbocycles. The number of hydrogen-bond acceptors (Lipinski definition) is 3. The normalized spacial score (nSPS) is 11.6. The van der Waals surface area contributed by atoms with Gasteiger partial charge in [0.05, 0.1) is 15.9 Å². The van der Waals surface area contributed by atoms with Gasteiger partial charge in [-0.1, -0.05) is 17.4 Å². The zero-order valence-electron chi connectivity index (χ0n) is 9.32. The fourth-order valence-electron chi connectivity index (χ4n) is 1.97. The number of imidazole rings is 1. The van der Waals surface area contributed by atoms with E-state index >= 15 is 0 Å². The van der Waals surface area contributed by atoms with Gasteiger partial charge in [-0.15, -0.1) is 0 Å². The summed E-state index contributed by atoms with van der Waals surface area (Å²) in [5.74, 6) is 0. The standard InChI is InChI=1S/C12H13N3S/c1-8-7-15-10-4-3-9(6-13-2)5-11(10)16-12(15)14-8/h3-5,7,13H,6H2,1-2H3. The van der Waals surface area contributed by atoms with Crippen molar-refractivity contribution in [2.75, 3.05) is 7.05 Å². The van der Waals surface area contributed by atoms with Gasteiger partial charge in [0, 0.05) is 12.7 Å². The minimum atomic E-state index is 0.912. The molecule has 0 radical (unpaired) electrons. The number of thiazole rings is 1. The van der Waals surface area contributed by atoms with E-state index in [4.69, 9.17) is 0 Å². The fraction of sp³-hybridized carbons (Fsp3) is 0.250. The second-order valence-electron chi connectivity index (χ2n) is 3.97. The van der Waals surface area contributed by atoms with Crippen LogP contribution in [0.4, 0.5) is 0 Å². The summed E-state index contributed by atoms with van der Waals surface area (Å²) in [5.41, 5.74) is 3.64. The number of hydrogen-bond donors (Lipinski definition) is 1. The Morgan fingerprint density at radius 1 is 1.44 bits per heavy atom. The molecule has 0 spiro atoms. The van der Waals surface area contributed by atoms with Crippen LogP contribution in [-0.2, 0) is 6.54 Å². The molecule has 0 fully saturated rings. The van der Waals surface area contributed by atoms with Gasteiger partial charge in [-0.05, 0) is 31.7 Å². The zero-order chi connectivity index (χ0) is 11.1. The Bertz CT molecular complexity index is 651. The van der Waals surface area contributed by atoms with Gasteiger partial charge in [0.2, 0.25) is 0 Å². The first-order chi connectivity index (χ1) is 7.78. The second-order valence-corrected chi connectivity index (χ2v) is 4.98. The third kappa shape index (κ3) is 1.42. The van der Waals surface area contributed by atoms with Crippen molar-refractivity contribution in [1.82, 2.24) is 14.7 Å². The molecule has 0 unspecified atom stereocenters. The van der Waals surface area contributed by atoms with E-state index in [0.717, 1.165) is 17.2 Å². The maximum absolute atomic E-state index is 4.49. The number of benzene rings is 1. The Morgan fingerprint density at radius 3 is 3.12 bits per heavy atom. The molecule has 0 aliphatic heterocycles. The van der Waals surface area contributed by atoms with Crippen LogP contribution < -0.4 is 5.32 Å². The summed E-state index contributed by atoms with van der Waals surface area (Å²) in [4.78, 5) is 5.57. The molecule has 82 valence electrons. The molecule has 1 aromatic carbocycles. The van der Waals surface area contributed by atoms with Gasteiger partial charge in [-0.3, -0.25) is 4.40 Å². The predicted molar refractivity (Wildman–Crippen MR) is 68.1 cm³/mol. The summed E-state index contributed by atoms with van der Waals surface area (Å²) in [7, 11) is 1.97. The first-order valence-corrected chi connectivity index (χ1v) is 6.11. The summed E-state index contributed by atoms with van der Waals surface area (Å²) in [5, 5.41) is 3.17. The van der Waals surface area contributed by atoms with Crippen LogP contribution in [0.2, 0.25) is 0 Å². The second kappa shape index (κ2) is 3.57. The van der Waals surface area contributed by atoms with Crippen LogP contribution in [-0.4, -0.2) is 16.4 Å². The van der Waals surface area contributed by atoms with Crippen molar-refractivity contribution in [3.8, 4) is 0 Å². The average molecular weight is 231 g/mol. The van der Waals surface area contributed by atoms with Crippen LogP contribution in [0, 0.1) is 6.92 Å². The Morgan fingerprint density at radius 2 is 2.31 bits per heavy atom. The molecule has 4 heteroatoms. The zero-order valence-corrected chi connectivity index (χ0v) is 10.1. The van der Waals surface area contributed by atoms with Gasteiger partial charge in [-0.25, -0.2) is 4.98 Å². The molecule has 0 aliphatic rings. The van der Waals surface area contributed by atoms with Crippen LogP contribution in [0.15, 0.2) is 24.4 Å². The SMILES string of the molecule is CNCc1ccc2c(c1)sc1nc(C)cn12. The number of nitrogens with zero attached hydrogens (tertiary/aromatic N) is 2. The van der Waals surface area contributed by atoms with Gasteiger partial charge < -0.3 is 5.32 Å². The minimum Gasteiger partial charge on any atom is -0.316 e. The van der Waals surface area contributed by atoms with Gasteiger partial charge >= 0.3 is 0 Å². The van der Waals surface area contributed by atoms with E-state index in [2.05, 4.69) is 39.1 Å². The van der Waals surface area contributed by atoms with Crippen LogP contribution in [0.3, 0.4) is 0 Å². The lowest BCUT2D eigenvalue weighted by atomic mass is 10.2. The monoisotopic (exact) mass is 231 g/mol. The van der Waals surface area contributed by atoms with Gasteiger partial charge in [0.15, 0.2) is 4.96 Å². The van der Waals surface area contributed by atoms with E-state index in [1.165, 1.54) is 15.8 Å². The van der Waals surface area contributed by atoms with E-state index in [-0.39, 0.29) is 0 Å². The number of rotatable bonds is 2. The van der Waals surface area contributed by atoms with E-state index in [1.807, 2.05) is 14.0 Å². The Hall–Kier alpha value is -1.39. The van der Waals surface area contributed by atoms with Crippen molar-refractivity contribution in [2.45, 2.75) is 13.5 Å². The third-order valence-electron chi connectivity index (χ3n) is 2.66. The van der Waals surface area contributed by atoms with E-state index in [0.29, 0.717) is 0 Å².